The fraction of sp³-hybridized carbons (Fsp3) is 0.972. The van der Waals surface area contributed by atoms with E-state index >= 15 is 0 Å². The van der Waals surface area contributed by atoms with Crippen LogP contribution in [0.5, 0.6) is 0 Å². The van der Waals surface area contributed by atoms with Crippen molar-refractivity contribution in [3.8, 4) is 0 Å². The van der Waals surface area contributed by atoms with Crippen molar-refractivity contribution < 1.29 is 19.4 Å². The minimum Gasteiger partial charge on any atom is -0.457 e. The molecule has 0 saturated carbocycles. The van der Waals surface area contributed by atoms with Crippen LogP contribution >= 0.6 is 0 Å². The third-order valence-corrected chi connectivity index (χ3v) is 8.18. The normalized spacial score (nSPS) is 12.2. The van der Waals surface area contributed by atoms with Gasteiger partial charge in [0.15, 0.2) is 0 Å². The molecular weight excluding hydrogens is 496 g/mol. The van der Waals surface area contributed by atoms with Gasteiger partial charge in [-0.2, -0.15) is 0 Å². The van der Waals surface area contributed by atoms with Crippen molar-refractivity contribution in [2.75, 3.05) is 19.8 Å². The molecule has 0 aliphatic rings. The summed E-state index contributed by atoms with van der Waals surface area (Å²) in [6.45, 7) is 5.38. The van der Waals surface area contributed by atoms with Gasteiger partial charge in [-0.3, -0.25) is 4.79 Å². The molecule has 0 radical (unpaired) electrons. The fourth-order valence-corrected chi connectivity index (χ4v) is 5.45. The topological polar surface area (TPSA) is 55.8 Å². The smallest absolute Gasteiger partial charge is 0.306 e. The monoisotopic (exact) mass is 569 g/mol. The molecule has 0 bridgehead atoms. The lowest BCUT2D eigenvalue weighted by atomic mass is 10.0. The van der Waals surface area contributed by atoms with Gasteiger partial charge in [0.2, 0.25) is 0 Å². The van der Waals surface area contributed by atoms with Crippen molar-refractivity contribution >= 4 is 5.97 Å². The molecule has 1 unspecified atom stereocenters. The lowest BCUT2D eigenvalue weighted by molar-refractivity contribution is -0.154. The molecule has 40 heavy (non-hydrogen) atoms. The summed E-state index contributed by atoms with van der Waals surface area (Å²) in [7, 11) is 0. The Morgan fingerprint density at radius 1 is 0.500 bits per heavy atom. The van der Waals surface area contributed by atoms with E-state index in [9.17, 15) is 9.90 Å². The molecule has 0 spiro atoms. The second kappa shape index (κ2) is 34.6. The van der Waals surface area contributed by atoms with Gasteiger partial charge >= 0.3 is 5.97 Å². The number of hydrogen-bond acceptors (Lipinski definition) is 4. The van der Waals surface area contributed by atoms with E-state index in [1.807, 2.05) is 0 Å². The van der Waals surface area contributed by atoms with Crippen LogP contribution < -0.4 is 0 Å². The van der Waals surface area contributed by atoms with E-state index < -0.39 is 6.10 Å². The summed E-state index contributed by atoms with van der Waals surface area (Å²) in [5, 5.41) is 9.54. The molecule has 0 heterocycles. The third kappa shape index (κ3) is 31.9. The first-order valence-electron chi connectivity index (χ1n) is 18.1. The van der Waals surface area contributed by atoms with E-state index in [-0.39, 0.29) is 12.6 Å². The third-order valence-electron chi connectivity index (χ3n) is 8.18. The number of hydrogen-bond donors (Lipinski definition) is 1. The summed E-state index contributed by atoms with van der Waals surface area (Å²) in [6, 6.07) is 0. The summed E-state index contributed by atoms with van der Waals surface area (Å²) in [5.74, 6) is -0.196. The van der Waals surface area contributed by atoms with Gasteiger partial charge in [-0.25, -0.2) is 0 Å². The largest absolute Gasteiger partial charge is 0.457 e. The Labute approximate surface area is 251 Å². The van der Waals surface area contributed by atoms with Gasteiger partial charge in [-0.05, 0) is 12.8 Å². The first-order chi connectivity index (χ1) is 19.7. The number of unbranched alkanes of at least 4 members (excludes halogenated alkanes) is 26. The number of aliphatic hydroxyl groups is 1. The summed E-state index contributed by atoms with van der Waals surface area (Å²) >= 11 is 0. The minimum atomic E-state index is -0.522. The zero-order valence-corrected chi connectivity index (χ0v) is 27.4. The van der Waals surface area contributed by atoms with Crippen molar-refractivity contribution in [3.05, 3.63) is 0 Å². The SMILES string of the molecule is CCCCCCCCCCCCCCCCCC(=O)OC(CO)COCCCCCCCCCCCCCCC. The van der Waals surface area contributed by atoms with Crippen LogP contribution in [0, 0.1) is 0 Å². The van der Waals surface area contributed by atoms with Crippen molar-refractivity contribution in [1.82, 2.24) is 0 Å². The van der Waals surface area contributed by atoms with E-state index in [0.29, 0.717) is 19.6 Å². The number of carbonyl (C=O) groups is 1. The molecule has 240 valence electrons. The van der Waals surface area contributed by atoms with Crippen LogP contribution in [-0.4, -0.2) is 37.0 Å². The van der Waals surface area contributed by atoms with Gasteiger partial charge in [0.25, 0.3) is 0 Å². The predicted molar refractivity (Wildman–Crippen MR) is 173 cm³/mol. The van der Waals surface area contributed by atoms with Gasteiger partial charge in [-0.1, -0.05) is 181 Å². The molecule has 1 atom stereocenters. The minimum absolute atomic E-state index is 0.163. The average molecular weight is 569 g/mol. The number of esters is 1. The van der Waals surface area contributed by atoms with Crippen LogP contribution in [0.1, 0.15) is 200 Å². The molecule has 0 fully saturated rings. The Morgan fingerprint density at radius 2 is 0.825 bits per heavy atom. The van der Waals surface area contributed by atoms with Gasteiger partial charge in [0, 0.05) is 13.0 Å². The zero-order chi connectivity index (χ0) is 29.2. The van der Waals surface area contributed by atoms with Crippen LogP contribution in [0.15, 0.2) is 0 Å². The van der Waals surface area contributed by atoms with Gasteiger partial charge in [0.1, 0.15) is 6.10 Å². The highest BCUT2D eigenvalue weighted by Crippen LogP contribution is 2.15. The van der Waals surface area contributed by atoms with Gasteiger partial charge in [0.05, 0.1) is 13.2 Å². The lowest BCUT2D eigenvalue weighted by Crippen LogP contribution is -2.27. The first kappa shape index (κ1) is 39.4. The van der Waals surface area contributed by atoms with Crippen LogP contribution in [-0.2, 0) is 14.3 Å². The molecule has 0 aromatic carbocycles. The maximum Gasteiger partial charge on any atom is 0.306 e. The first-order valence-corrected chi connectivity index (χ1v) is 18.1. The molecule has 0 aromatic rings. The van der Waals surface area contributed by atoms with Crippen molar-refractivity contribution in [2.24, 2.45) is 0 Å². The van der Waals surface area contributed by atoms with Crippen molar-refractivity contribution in [1.29, 1.82) is 0 Å². The van der Waals surface area contributed by atoms with Crippen molar-refractivity contribution in [2.45, 2.75) is 206 Å². The summed E-state index contributed by atoms with van der Waals surface area (Å²) in [5.41, 5.74) is 0. The second-order valence-corrected chi connectivity index (χ2v) is 12.3. The lowest BCUT2D eigenvalue weighted by Gasteiger charge is -2.16. The maximum atomic E-state index is 12.1. The van der Waals surface area contributed by atoms with E-state index in [4.69, 9.17) is 9.47 Å². The molecular formula is C36H72O4. The number of aliphatic hydroxyl groups excluding tert-OH is 1. The molecule has 0 rings (SSSR count). The highest BCUT2D eigenvalue weighted by Gasteiger charge is 2.13. The molecule has 0 aliphatic heterocycles. The number of rotatable bonds is 34. The molecule has 0 saturated heterocycles. The average Bonchev–Trinajstić information content (AvgIpc) is 2.96. The van der Waals surface area contributed by atoms with Crippen LogP contribution in [0.4, 0.5) is 0 Å². The zero-order valence-electron chi connectivity index (χ0n) is 27.4. The number of ether oxygens (including phenoxy) is 2. The quantitative estimate of drug-likeness (QED) is 0.0619. The van der Waals surface area contributed by atoms with Gasteiger partial charge < -0.3 is 14.6 Å². The van der Waals surface area contributed by atoms with Crippen LogP contribution in [0.25, 0.3) is 0 Å². The summed E-state index contributed by atoms with van der Waals surface area (Å²) in [6.07, 6.45) is 37.1. The van der Waals surface area contributed by atoms with Gasteiger partial charge in [-0.15, -0.1) is 0 Å². The Kier molecular flexibility index (Phi) is 34.1. The van der Waals surface area contributed by atoms with Crippen LogP contribution in [0.2, 0.25) is 0 Å². The predicted octanol–water partition coefficient (Wildman–Crippen LogP) is 11.3. The molecule has 4 nitrogen and oxygen atoms in total. The molecule has 0 aromatic heterocycles. The van der Waals surface area contributed by atoms with Crippen LogP contribution in [0.3, 0.4) is 0 Å². The second-order valence-electron chi connectivity index (χ2n) is 12.3. The standard InChI is InChI=1S/C36H72O4/c1-3-5-7-9-11-13-15-17-18-19-21-23-25-27-29-31-36(38)40-35(33-37)34-39-32-30-28-26-24-22-20-16-14-12-10-8-6-4-2/h35,37H,3-34H2,1-2H3. The summed E-state index contributed by atoms with van der Waals surface area (Å²) < 4.78 is 11.1. The summed E-state index contributed by atoms with van der Waals surface area (Å²) in [4.78, 5) is 12.1. The Balaban J connectivity index is 3.38. The highest BCUT2D eigenvalue weighted by molar-refractivity contribution is 5.69. The molecule has 1 N–H and O–H groups in total. The Hall–Kier alpha value is -0.610. The Morgan fingerprint density at radius 3 is 1.18 bits per heavy atom. The number of carbonyl (C=O) groups excluding carboxylic acids is 1. The molecule has 0 aliphatic carbocycles. The molecule has 4 heteroatoms. The fourth-order valence-electron chi connectivity index (χ4n) is 5.45. The van der Waals surface area contributed by atoms with E-state index in [0.717, 1.165) is 19.3 Å². The van der Waals surface area contributed by atoms with E-state index in [2.05, 4.69) is 13.8 Å². The van der Waals surface area contributed by atoms with E-state index in [1.165, 1.54) is 161 Å². The van der Waals surface area contributed by atoms with E-state index in [1.54, 1.807) is 0 Å². The highest BCUT2D eigenvalue weighted by atomic mass is 16.6. The Bertz CT molecular complexity index is 481. The maximum absolute atomic E-state index is 12.1. The molecule has 0 amide bonds. The van der Waals surface area contributed by atoms with Crippen molar-refractivity contribution in [3.63, 3.8) is 0 Å².